The van der Waals surface area contributed by atoms with Crippen LogP contribution in [0.25, 0.3) is 0 Å². The minimum atomic E-state index is -0.339. The first kappa shape index (κ1) is 16.9. The highest BCUT2D eigenvalue weighted by atomic mass is 32.2. The summed E-state index contributed by atoms with van der Waals surface area (Å²) in [5, 5.41) is 8.91. The maximum atomic E-state index is 11.8. The van der Waals surface area contributed by atoms with E-state index >= 15 is 0 Å². The van der Waals surface area contributed by atoms with Gasteiger partial charge in [0.1, 0.15) is 11.5 Å². The number of hydrogen-bond donors (Lipinski definition) is 2. The molecule has 0 bridgehead atoms. The average Bonchev–Trinajstić information content (AvgIpc) is 2.64. The van der Waals surface area contributed by atoms with Crippen LogP contribution in [0.4, 0.5) is 0 Å². The Morgan fingerprint density at radius 3 is 2.42 bits per heavy atom. The molecule has 24 heavy (non-hydrogen) atoms. The highest BCUT2D eigenvalue weighted by Gasteiger charge is 2.36. The molecule has 1 amide bonds. The predicted octanol–water partition coefficient (Wildman–Crippen LogP) is 4.49. The molecule has 1 saturated heterocycles. The van der Waals surface area contributed by atoms with Crippen molar-refractivity contribution in [3.63, 3.8) is 0 Å². The SMILES string of the molecule is O=C(CC1(c2ccc(Oc3ccccc3)cc2)CCCCS1)NO. The van der Waals surface area contributed by atoms with Gasteiger partial charge in [-0.1, -0.05) is 36.8 Å². The molecule has 2 aromatic carbocycles. The number of carbonyl (C=O) groups excluding carboxylic acids is 1. The molecule has 126 valence electrons. The summed E-state index contributed by atoms with van der Waals surface area (Å²) in [4.78, 5) is 11.8. The number of carbonyl (C=O) groups is 1. The molecular weight excluding hydrogens is 322 g/mol. The van der Waals surface area contributed by atoms with Crippen molar-refractivity contribution in [3.8, 4) is 11.5 Å². The molecule has 0 saturated carbocycles. The van der Waals surface area contributed by atoms with Crippen molar-refractivity contribution in [2.75, 3.05) is 5.75 Å². The van der Waals surface area contributed by atoms with Gasteiger partial charge in [0.25, 0.3) is 0 Å². The van der Waals surface area contributed by atoms with Gasteiger partial charge in [-0.2, -0.15) is 0 Å². The van der Waals surface area contributed by atoms with Gasteiger partial charge in [0, 0.05) is 11.2 Å². The highest BCUT2D eigenvalue weighted by Crippen LogP contribution is 2.48. The van der Waals surface area contributed by atoms with Crippen molar-refractivity contribution in [3.05, 3.63) is 60.2 Å². The standard InChI is InChI=1S/C19H21NO3S/c21-18(20-22)14-19(12-4-5-13-24-19)15-8-10-17(11-9-15)23-16-6-2-1-3-7-16/h1-3,6-11,22H,4-5,12-14H2,(H,20,21). The third kappa shape index (κ3) is 3.91. The van der Waals surface area contributed by atoms with Crippen molar-refractivity contribution in [1.29, 1.82) is 0 Å². The van der Waals surface area contributed by atoms with Crippen LogP contribution >= 0.6 is 11.8 Å². The quantitative estimate of drug-likeness (QED) is 0.620. The molecule has 1 heterocycles. The van der Waals surface area contributed by atoms with Crippen LogP contribution in [-0.2, 0) is 9.54 Å². The third-order valence-electron chi connectivity index (χ3n) is 4.28. The molecule has 1 atom stereocenters. The normalized spacial score (nSPS) is 20.4. The van der Waals surface area contributed by atoms with Crippen LogP contribution in [-0.4, -0.2) is 16.9 Å². The number of amides is 1. The summed E-state index contributed by atoms with van der Waals surface area (Å²) in [5.74, 6) is 2.26. The van der Waals surface area contributed by atoms with E-state index in [2.05, 4.69) is 0 Å². The van der Waals surface area contributed by atoms with Crippen LogP contribution in [0.2, 0.25) is 0 Å². The lowest BCUT2D eigenvalue weighted by Crippen LogP contribution is -2.33. The zero-order chi connectivity index (χ0) is 16.8. The number of rotatable bonds is 5. The molecular formula is C19H21NO3S. The second-order valence-corrected chi connectivity index (χ2v) is 7.43. The van der Waals surface area contributed by atoms with E-state index in [0.717, 1.165) is 35.7 Å². The fraction of sp³-hybridized carbons (Fsp3) is 0.316. The fourth-order valence-corrected chi connectivity index (χ4v) is 4.64. The molecule has 0 aliphatic carbocycles. The summed E-state index contributed by atoms with van der Waals surface area (Å²) < 4.78 is 5.56. The molecule has 1 aliphatic rings. The zero-order valence-electron chi connectivity index (χ0n) is 13.4. The molecule has 3 rings (SSSR count). The van der Waals surface area contributed by atoms with Crippen molar-refractivity contribution in [2.45, 2.75) is 30.4 Å². The van der Waals surface area contributed by atoms with Gasteiger partial charge >= 0.3 is 0 Å². The van der Waals surface area contributed by atoms with Crippen molar-refractivity contribution < 1.29 is 14.7 Å². The number of benzene rings is 2. The Kier molecular flexibility index (Phi) is 5.43. The average molecular weight is 343 g/mol. The predicted molar refractivity (Wildman–Crippen MR) is 95.5 cm³/mol. The molecule has 1 unspecified atom stereocenters. The van der Waals surface area contributed by atoms with Gasteiger partial charge in [-0.3, -0.25) is 10.0 Å². The first-order valence-corrected chi connectivity index (χ1v) is 9.11. The minimum Gasteiger partial charge on any atom is -0.457 e. The summed E-state index contributed by atoms with van der Waals surface area (Å²) in [5.41, 5.74) is 2.88. The second-order valence-electron chi connectivity index (χ2n) is 5.95. The molecule has 0 aromatic heterocycles. The number of para-hydroxylation sites is 1. The van der Waals surface area contributed by atoms with Crippen molar-refractivity contribution in [1.82, 2.24) is 5.48 Å². The van der Waals surface area contributed by atoms with Crippen molar-refractivity contribution >= 4 is 17.7 Å². The molecule has 1 aliphatic heterocycles. The number of thioether (sulfide) groups is 1. The smallest absolute Gasteiger partial charge is 0.245 e. The summed E-state index contributed by atoms with van der Waals surface area (Å²) in [6.07, 6.45) is 3.48. The molecule has 4 nitrogen and oxygen atoms in total. The Hall–Kier alpha value is -1.98. The number of nitrogens with one attached hydrogen (secondary N) is 1. The number of ether oxygens (including phenoxy) is 1. The number of hydrogen-bond acceptors (Lipinski definition) is 4. The van der Waals surface area contributed by atoms with Gasteiger partial charge in [0.05, 0.1) is 0 Å². The first-order chi connectivity index (χ1) is 11.7. The molecule has 0 spiro atoms. The summed E-state index contributed by atoms with van der Waals surface area (Å²) in [6, 6.07) is 17.6. The molecule has 2 aromatic rings. The van der Waals surface area contributed by atoms with E-state index in [1.165, 1.54) is 6.42 Å². The third-order valence-corrected chi connectivity index (χ3v) is 5.91. The second kappa shape index (κ2) is 7.73. The van der Waals surface area contributed by atoms with Gasteiger partial charge in [-0.25, -0.2) is 5.48 Å². The van der Waals surface area contributed by atoms with E-state index in [1.54, 1.807) is 17.2 Å². The number of hydroxylamine groups is 1. The maximum absolute atomic E-state index is 11.8. The Bertz CT molecular complexity index is 667. The van der Waals surface area contributed by atoms with Crippen LogP contribution in [0, 0.1) is 0 Å². The Balaban J connectivity index is 1.79. The van der Waals surface area contributed by atoms with Crippen molar-refractivity contribution in [2.24, 2.45) is 0 Å². The monoisotopic (exact) mass is 343 g/mol. The lowest BCUT2D eigenvalue weighted by Gasteiger charge is -2.36. The topological polar surface area (TPSA) is 58.6 Å². The van der Waals surface area contributed by atoms with Gasteiger partial charge < -0.3 is 4.74 Å². The Labute approximate surface area is 146 Å². The summed E-state index contributed by atoms with van der Waals surface area (Å²) in [7, 11) is 0. The molecule has 2 N–H and O–H groups in total. The lowest BCUT2D eigenvalue weighted by atomic mass is 9.88. The van der Waals surface area contributed by atoms with Gasteiger partial charge in [-0.15, -0.1) is 11.8 Å². The Morgan fingerprint density at radius 2 is 1.79 bits per heavy atom. The van der Waals surface area contributed by atoms with E-state index in [4.69, 9.17) is 9.94 Å². The highest BCUT2D eigenvalue weighted by molar-refractivity contribution is 8.00. The summed E-state index contributed by atoms with van der Waals surface area (Å²) in [6.45, 7) is 0. The van der Waals surface area contributed by atoms with Gasteiger partial charge in [0.15, 0.2) is 0 Å². The van der Waals surface area contributed by atoms with Gasteiger partial charge in [0.2, 0.25) is 5.91 Å². The van der Waals surface area contributed by atoms with Gasteiger partial charge in [-0.05, 0) is 48.4 Å². The minimum absolute atomic E-state index is 0.268. The van der Waals surface area contributed by atoms with E-state index < -0.39 is 0 Å². The van der Waals surface area contributed by atoms with E-state index in [-0.39, 0.29) is 17.1 Å². The molecule has 5 heteroatoms. The van der Waals surface area contributed by atoms with E-state index in [9.17, 15) is 4.79 Å². The largest absolute Gasteiger partial charge is 0.457 e. The fourth-order valence-electron chi connectivity index (χ4n) is 3.07. The van der Waals surface area contributed by atoms with Crippen LogP contribution in [0.3, 0.4) is 0 Å². The van der Waals surface area contributed by atoms with Crippen LogP contribution in [0.15, 0.2) is 54.6 Å². The molecule has 1 fully saturated rings. The lowest BCUT2D eigenvalue weighted by molar-refractivity contribution is -0.129. The van der Waals surface area contributed by atoms with E-state index in [1.807, 2.05) is 54.6 Å². The molecule has 0 radical (unpaired) electrons. The van der Waals surface area contributed by atoms with Crippen LogP contribution in [0.1, 0.15) is 31.2 Å². The first-order valence-electron chi connectivity index (χ1n) is 8.12. The summed E-state index contributed by atoms with van der Waals surface area (Å²) >= 11 is 1.80. The zero-order valence-corrected chi connectivity index (χ0v) is 14.2. The van der Waals surface area contributed by atoms with Crippen LogP contribution < -0.4 is 10.2 Å². The maximum Gasteiger partial charge on any atom is 0.245 e. The van der Waals surface area contributed by atoms with Crippen LogP contribution in [0.5, 0.6) is 11.5 Å². The Morgan fingerprint density at radius 1 is 1.08 bits per heavy atom. The van der Waals surface area contributed by atoms with E-state index in [0.29, 0.717) is 0 Å².